The maximum absolute atomic E-state index is 4.96. The van der Waals surface area contributed by atoms with Gasteiger partial charge in [0.05, 0.1) is 0 Å². The summed E-state index contributed by atoms with van der Waals surface area (Å²) in [6.45, 7) is 2.08. The van der Waals surface area contributed by atoms with Crippen LogP contribution in [0.1, 0.15) is 6.42 Å². The molecule has 1 rings (SSSR count). The summed E-state index contributed by atoms with van der Waals surface area (Å²) in [7, 11) is 1.56. The molecule has 0 spiro atoms. The molecule has 1 saturated heterocycles. The van der Waals surface area contributed by atoms with E-state index in [1.807, 2.05) is 23.7 Å². The van der Waals surface area contributed by atoms with Crippen molar-refractivity contribution in [2.75, 3.05) is 13.1 Å². The third kappa shape index (κ3) is 2.84. The summed E-state index contributed by atoms with van der Waals surface area (Å²) in [5, 5.41) is 1.93. The monoisotopic (exact) mass is 260 g/mol. The van der Waals surface area contributed by atoms with Crippen molar-refractivity contribution in [2.45, 2.75) is 6.42 Å². The van der Waals surface area contributed by atoms with Crippen LogP contribution in [0.2, 0.25) is 0 Å². The molecular formula is C4H8MoN3S2. The van der Waals surface area contributed by atoms with Crippen molar-refractivity contribution in [3.05, 3.63) is 0 Å². The second kappa shape index (κ2) is 4.67. The van der Waals surface area contributed by atoms with Crippen LogP contribution >= 0.6 is 21.7 Å². The van der Waals surface area contributed by atoms with E-state index in [1.54, 1.807) is 9.47 Å². The Bertz CT molecular complexity index is 126. The molecule has 0 saturated carbocycles. The van der Waals surface area contributed by atoms with Gasteiger partial charge in [-0.25, -0.2) is 0 Å². The van der Waals surface area contributed by atoms with E-state index in [1.165, 1.54) is 6.42 Å². The average Bonchev–Trinajstić information content (AvgIpc) is 2.40. The van der Waals surface area contributed by atoms with E-state index in [9.17, 15) is 0 Å². The van der Waals surface area contributed by atoms with Crippen LogP contribution < -0.4 is 10.9 Å². The minimum atomic E-state index is 0.819. The van der Waals surface area contributed by atoms with Gasteiger partial charge in [0.15, 0.2) is 0 Å². The standard InChI is InChI=1S/C4H9N3S2.Mo/c8-4(9)6-7-3-1-2-5-7;/h5H,1-3H2,(H2,6,8,9);/q;+1/p-1. The van der Waals surface area contributed by atoms with Crippen LogP contribution in [0.3, 0.4) is 0 Å². The fourth-order valence-electron chi connectivity index (χ4n) is 0.755. The topological polar surface area (TPSA) is 27.3 Å². The van der Waals surface area contributed by atoms with Crippen molar-refractivity contribution in [1.29, 1.82) is 0 Å². The van der Waals surface area contributed by atoms with Gasteiger partial charge in [0.1, 0.15) is 0 Å². The van der Waals surface area contributed by atoms with Gasteiger partial charge in [-0.15, -0.1) is 0 Å². The van der Waals surface area contributed by atoms with Gasteiger partial charge in [0, 0.05) is 0 Å². The van der Waals surface area contributed by atoms with E-state index >= 15 is 0 Å². The first-order chi connectivity index (χ1) is 4.83. The fourth-order valence-corrected chi connectivity index (χ4v) is 1.29. The Hall–Kier alpha value is 0.848. The molecule has 1 aliphatic heterocycles. The molecule has 3 nitrogen and oxygen atoms in total. The predicted octanol–water partition coefficient (Wildman–Crippen LogP) is 0.181. The van der Waals surface area contributed by atoms with Crippen molar-refractivity contribution in [3.63, 3.8) is 0 Å². The summed E-state index contributed by atoms with van der Waals surface area (Å²) < 4.78 is 0.819. The third-order valence-electron chi connectivity index (χ3n) is 1.16. The van der Waals surface area contributed by atoms with E-state index in [0.717, 1.165) is 17.4 Å². The van der Waals surface area contributed by atoms with E-state index in [0.29, 0.717) is 0 Å². The van der Waals surface area contributed by atoms with E-state index in [4.69, 9.17) is 12.2 Å². The Morgan fingerprint density at radius 3 is 3.10 bits per heavy atom. The Morgan fingerprint density at radius 2 is 2.60 bits per heavy atom. The van der Waals surface area contributed by atoms with Gasteiger partial charge in [-0.05, 0) is 0 Å². The Morgan fingerprint density at radius 1 is 1.80 bits per heavy atom. The Labute approximate surface area is 79.8 Å². The van der Waals surface area contributed by atoms with Crippen molar-refractivity contribution < 1.29 is 18.5 Å². The van der Waals surface area contributed by atoms with Crippen molar-refractivity contribution >= 4 is 26.0 Å². The predicted molar refractivity (Wildman–Crippen MR) is 42.7 cm³/mol. The summed E-state index contributed by atoms with van der Waals surface area (Å²) in [5.41, 5.74) is 6.19. The summed E-state index contributed by atoms with van der Waals surface area (Å²) in [5.74, 6) is 0. The molecular weight excluding hydrogens is 250 g/mol. The van der Waals surface area contributed by atoms with E-state index < -0.39 is 0 Å². The molecule has 10 heavy (non-hydrogen) atoms. The molecule has 0 aromatic heterocycles. The number of nitrogens with zero attached hydrogens (tertiary/aromatic N) is 1. The molecule has 0 unspecified atom stereocenters. The van der Waals surface area contributed by atoms with Gasteiger partial charge >= 0.3 is 80.0 Å². The number of hydrogen-bond acceptors (Lipinski definition) is 4. The third-order valence-corrected chi connectivity index (χ3v) is 3.82. The van der Waals surface area contributed by atoms with Crippen molar-refractivity contribution in [2.24, 2.45) is 0 Å². The van der Waals surface area contributed by atoms with Crippen LogP contribution in [0.15, 0.2) is 0 Å². The quantitative estimate of drug-likeness (QED) is 0.517. The van der Waals surface area contributed by atoms with Gasteiger partial charge < -0.3 is 0 Å². The molecule has 0 aromatic rings. The van der Waals surface area contributed by atoms with Gasteiger partial charge in [-0.1, -0.05) is 0 Å². The Kier molecular flexibility index (Phi) is 4.18. The summed E-state index contributed by atoms with van der Waals surface area (Å²) in [4.78, 5) is 0. The van der Waals surface area contributed by atoms with Crippen LogP contribution in [0.25, 0.3) is 0 Å². The maximum atomic E-state index is 4.96. The van der Waals surface area contributed by atoms with Crippen LogP contribution in [0.4, 0.5) is 0 Å². The molecule has 6 heteroatoms. The Balaban J connectivity index is 2.17. The van der Waals surface area contributed by atoms with Crippen molar-refractivity contribution in [3.8, 4) is 0 Å². The van der Waals surface area contributed by atoms with Gasteiger partial charge in [-0.3, -0.25) is 0 Å². The van der Waals surface area contributed by atoms with Crippen LogP contribution in [0.5, 0.6) is 0 Å². The fraction of sp³-hybridized carbons (Fsp3) is 0.750. The normalized spacial score (nSPS) is 19.2. The summed E-state index contributed by atoms with van der Waals surface area (Å²) in [6, 6.07) is 0. The molecule has 1 fully saturated rings. The second-order valence-electron chi connectivity index (χ2n) is 1.90. The molecule has 0 amide bonds. The van der Waals surface area contributed by atoms with Crippen LogP contribution in [-0.4, -0.2) is 22.5 Å². The second-order valence-corrected chi connectivity index (χ2v) is 4.37. The zero-order valence-electron chi connectivity index (χ0n) is 5.29. The average molecular weight is 258 g/mol. The summed E-state index contributed by atoms with van der Waals surface area (Å²) >= 11 is 6.86. The molecule has 0 bridgehead atoms. The molecule has 2 N–H and O–H groups in total. The number of hydrogen-bond donors (Lipinski definition) is 2. The number of hydrazine groups is 2. The first-order valence-electron chi connectivity index (χ1n) is 2.94. The van der Waals surface area contributed by atoms with Crippen LogP contribution in [-0.2, 0) is 18.5 Å². The first-order valence-corrected chi connectivity index (χ1v) is 6.55. The van der Waals surface area contributed by atoms with Gasteiger partial charge in [0.2, 0.25) is 0 Å². The molecule has 0 radical (unpaired) electrons. The minimum absolute atomic E-state index is 0.819. The zero-order valence-corrected chi connectivity index (χ0v) is 8.93. The molecule has 1 aliphatic rings. The molecule has 1 heterocycles. The SMILES string of the molecule is S=C(NN1CCCN1)[S][Mo]. The molecule has 0 aliphatic carbocycles. The van der Waals surface area contributed by atoms with Crippen molar-refractivity contribution in [1.82, 2.24) is 16.0 Å². The molecule has 0 atom stereocenters. The first kappa shape index (κ1) is 8.94. The van der Waals surface area contributed by atoms with E-state index in [-0.39, 0.29) is 0 Å². The van der Waals surface area contributed by atoms with Gasteiger partial charge in [-0.2, -0.15) is 0 Å². The molecule has 57 valence electrons. The number of nitrogens with one attached hydrogen (secondary N) is 2. The van der Waals surface area contributed by atoms with Gasteiger partial charge in [0.25, 0.3) is 0 Å². The number of thiocarbonyl (C=S) groups is 1. The zero-order chi connectivity index (χ0) is 7.40. The van der Waals surface area contributed by atoms with Crippen LogP contribution in [0, 0.1) is 0 Å². The molecule has 0 aromatic carbocycles. The summed E-state index contributed by atoms with van der Waals surface area (Å²) in [6.07, 6.45) is 1.19. The number of rotatable bonds is 1. The van der Waals surface area contributed by atoms with E-state index in [2.05, 4.69) is 10.9 Å².